The van der Waals surface area contributed by atoms with Gasteiger partial charge in [-0.25, -0.2) is 9.98 Å². The van der Waals surface area contributed by atoms with Gasteiger partial charge in [-0.2, -0.15) is 0 Å². The zero-order valence-electron chi connectivity index (χ0n) is 16.0. The van der Waals surface area contributed by atoms with Crippen LogP contribution < -0.4 is 15.4 Å². The van der Waals surface area contributed by atoms with Gasteiger partial charge in [-0.15, -0.1) is 35.3 Å². The van der Waals surface area contributed by atoms with E-state index < -0.39 is 0 Å². The Kier molecular flexibility index (Phi) is 10.6. The number of hydrogen-bond acceptors (Lipinski definition) is 4. The van der Waals surface area contributed by atoms with Crippen LogP contribution in [0.1, 0.15) is 35.7 Å². The van der Waals surface area contributed by atoms with Gasteiger partial charge in [-0.3, -0.25) is 0 Å². The fraction of sp³-hybridized carbons (Fsp3) is 0.474. The molecule has 0 bridgehead atoms. The van der Waals surface area contributed by atoms with Crippen LogP contribution >= 0.6 is 35.3 Å². The van der Waals surface area contributed by atoms with Gasteiger partial charge >= 0.3 is 0 Å². The van der Waals surface area contributed by atoms with E-state index in [2.05, 4.69) is 58.9 Å². The molecule has 5 nitrogen and oxygen atoms in total. The molecular weight excluding hydrogens is 459 g/mol. The molecule has 0 spiro atoms. The van der Waals surface area contributed by atoms with E-state index in [0.717, 1.165) is 48.3 Å². The summed E-state index contributed by atoms with van der Waals surface area (Å²) in [6.45, 7) is 8.51. The zero-order chi connectivity index (χ0) is 18.1. The molecule has 1 aromatic heterocycles. The first-order valence-corrected chi connectivity index (χ1v) is 9.63. The molecule has 2 rings (SSSR count). The van der Waals surface area contributed by atoms with Crippen molar-refractivity contribution in [3.05, 3.63) is 45.4 Å². The van der Waals surface area contributed by atoms with E-state index in [1.807, 2.05) is 6.07 Å². The number of aliphatic imine (C=N–C) groups is 1. The molecule has 0 saturated heterocycles. The van der Waals surface area contributed by atoms with Gasteiger partial charge in [-0.05, 0) is 38.3 Å². The summed E-state index contributed by atoms with van der Waals surface area (Å²) in [6, 6.07) is 6.27. The molecular formula is C19H29IN4OS. The quantitative estimate of drug-likeness (QED) is 0.336. The van der Waals surface area contributed by atoms with Crippen molar-refractivity contribution in [3.8, 4) is 5.75 Å². The molecule has 2 aromatic rings. The van der Waals surface area contributed by atoms with Crippen molar-refractivity contribution in [2.24, 2.45) is 4.99 Å². The average Bonchev–Trinajstić information content (AvgIpc) is 3.08. The summed E-state index contributed by atoms with van der Waals surface area (Å²) < 4.78 is 5.44. The fourth-order valence-corrected chi connectivity index (χ4v) is 3.24. The Labute approximate surface area is 177 Å². The first-order valence-electron chi connectivity index (χ1n) is 8.75. The van der Waals surface area contributed by atoms with Crippen LogP contribution in [-0.2, 0) is 19.4 Å². The standard InChI is InChI=1S/C19H28N4OS.HI/c1-5-18-23-16(13-25-18)12-22-19(20-6-2)21-10-9-15-11-14(3)7-8-17(15)24-4;/h7-8,11,13H,5-6,9-10,12H2,1-4H3,(H2,20,21,22);1H. The van der Waals surface area contributed by atoms with Crippen LogP contribution in [0, 0.1) is 6.92 Å². The van der Waals surface area contributed by atoms with Crippen LogP contribution in [0.2, 0.25) is 0 Å². The number of halogens is 1. The second-order valence-electron chi connectivity index (χ2n) is 5.77. The van der Waals surface area contributed by atoms with Gasteiger partial charge in [-0.1, -0.05) is 24.6 Å². The van der Waals surface area contributed by atoms with Crippen molar-refractivity contribution in [1.82, 2.24) is 15.6 Å². The minimum atomic E-state index is 0. The number of ether oxygens (including phenoxy) is 1. The molecule has 26 heavy (non-hydrogen) atoms. The van der Waals surface area contributed by atoms with Crippen LogP contribution in [0.5, 0.6) is 5.75 Å². The maximum atomic E-state index is 5.44. The molecule has 1 heterocycles. The van der Waals surface area contributed by atoms with Gasteiger partial charge in [0.1, 0.15) is 5.75 Å². The molecule has 7 heteroatoms. The van der Waals surface area contributed by atoms with Gasteiger partial charge < -0.3 is 15.4 Å². The minimum absolute atomic E-state index is 0. The third kappa shape index (κ3) is 7.11. The predicted molar refractivity (Wildman–Crippen MR) is 121 cm³/mol. The van der Waals surface area contributed by atoms with Crippen LogP contribution in [0.15, 0.2) is 28.6 Å². The lowest BCUT2D eigenvalue weighted by Gasteiger charge is -2.13. The molecule has 0 unspecified atom stereocenters. The molecule has 0 fully saturated rings. The maximum Gasteiger partial charge on any atom is 0.191 e. The average molecular weight is 488 g/mol. The van der Waals surface area contributed by atoms with E-state index in [9.17, 15) is 0 Å². The normalized spacial score (nSPS) is 11.0. The lowest BCUT2D eigenvalue weighted by Crippen LogP contribution is -2.38. The lowest BCUT2D eigenvalue weighted by molar-refractivity contribution is 0.409. The molecule has 0 atom stereocenters. The molecule has 0 aliphatic rings. The van der Waals surface area contributed by atoms with E-state index in [4.69, 9.17) is 4.74 Å². The van der Waals surface area contributed by atoms with Gasteiger partial charge in [0.2, 0.25) is 0 Å². The first-order chi connectivity index (χ1) is 12.2. The van der Waals surface area contributed by atoms with Crippen LogP contribution in [0.25, 0.3) is 0 Å². The third-order valence-electron chi connectivity index (χ3n) is 3.77. The zero-order valence-corrected chi connectivity index (χ0v) is 19.1. The second kappa shape index (κ2) is 12.1. The van der Waals surface area contributed by atoms with Gasteiger partial charge in [0.15, 0.2) is 5.96 Å². The highest BCUT2D eigenvalue weighted by atomic mass is 127. The number of rotatable bonds is 8. The monoisotopic (exact) mass is 488 g/mol. The van der Waals surface area contributed by atoms with Crippen LogP contribution in [0.4, 0.5) is 0 Å². The Morgan fingerprint density at radius 1 is 1.27 bits per heavy atom. The van der Waals surface area contributed by atoms with Gasteiger partial charge in [0.25, 0.3) is 0 Å². The summed E-state index contributed by atoms with van der Waals surface area (Å²) in [5.41, 5.74) is 3.48. The number of guanidine groups is 1. The summed E-state index contributed by atoms with van der Waals surface area (Å²) >= 11 is 1.70. The van der Waals surface area contributed by atoms with E-state index in [-0.39, 0.29) is 24.0 Å². The van der Waals surface area contributed by atoms with Crippen LogP contribution in [-0.4, -0.2) is 31.1 Å². The third-order valence-corrected chi connectivity index (χ3v) is 4.81. The molecule has 0 amide bonds. The molecule has 0 aliphatic heterocycles. The molecule has 0 radical (unpaired) electrons. The number of nitrogens with zero attached hydrogens (tertiary/aromatic N) is 2. The number of nitrogens with one attached hydrogen (secondary N) is 2. The molecule has 2 N–H and O–H groups in total. The second-order valence-corrected chi connectivity index (χ2v) is 6.72. The van der Waals surface area contributed by atoms with Crippen molar-refractivity contribution in [3.63, 3.8) is 0 Å². The Morgan fingerprint density at radius 3 is 2.73 bits per heavy atom. The highest BCUT2D eigenvalue weighted by molar-refractivity contribution is 14.0. The summed E-state index contributed by atoms with van der Waals surface area (Å²) in [7, 11) is 1.71. The van der Waals surface area contributed by atoms with Gasteiger partial charge in [0, 0.05) is 18.5 Å². The van der Waals surface area contributed by atoms with Crippen molar-refractivity contribution in [2.45, 2.75) is 40.2 Å². The number of hydrogen-bond donors (Lipinski definition) is 2. The number of aromatic nitrogens is 1. The van der Waals surface area contributed by atoms with E-state index >= 15 is 0 Å². The van der Waals surface area contributed by atoms with Gasteiger partial charge in [0.05, 0.1) is 24.4 Å². The Bertz CT molecular complexity index is 703. The SMILES string of the molecule is CCNC(=NCc1csc(CC)n1)NCCc1cc(C)ccc1OC.I. The minimum Gasteiger partial charge on any atom is -0.496 e. The molecule has 1 aromatic carbocycles. The molecule has 0 aliphatic carbocycles. The van der Waals surface area contributed by atoms with Crippen molar-refractivity contribution >= 4 is 41.3 Å². The smallest absolute Gasteiger partial charge is 0.191 e. The van der Waals surface area contributed by atoms with Crippen molar-refractivity contribution in [1.29, 1.82) is 0 Å². The number of benzene rings is 1. The molecule has 144 valence electrons. The fourth-order valence-electron chi connectivity index (χ4n) is 2.50. The van der Waals surface area contributed by atoms with Crippen LogP contribution in [0.3, 0.4) is 0 Å². The van der Waals surface area contributed by atoms with Crippen molar-refractivity contribution < 1.29 is 4.74 Å². The summed E-state index contributed by atoms with van der Waals surface area (Å²) in [5, 5.41) is 9.92. The van der Waals surface area contributed by atoms with Crippen molar-refractivity contribution in [2.75, 3.05) is 20.2 Å². The van der Waals surface area contributed by atoms with E-state index in [0.29, 0.717) is 6.54 Å². The first kappa shape index (κ1) is 22.7. The number of methoxy groups -OCH3 is 1. The largest absolute Gasteiger partial charge is 0.496 e. The Morgan fingerprint density at radius 2 is 2.08 bits per heavy atom. The summed E-state index contributed by atoms with van der Waals surface area (Å²) in [5.74, 6) is 1.75. The highest BCUT2D eigenvalue weighted by Gasteiger charge is 2.05. The number of thiazole rings is 1. The lowest BCUT2D eigenvalue weighted by atomic mass is 10.1. The van der Waals surface area contributed by atoms with E-state index in [1.165, 1.54) is 11.1 Å². The van der Waals surface area contributed by atoms with E-state index in [1.54, 1.807) is 18.4 Å². The highest BCUT2D eigenvalue weighted by Crippen LogP contribution is 2.19. The Balaban J connectivity index is 0.00000338. The number of aryl methyl sites for hydroxylation is 2. The predicted octanol–water partition coefficient (Wildman–Crippen LogP) is 3.94. The summed E-state index contributed by atoms with van der Waals surface area (Å²) in [4.78, 5) is 9.19. The maximum absolute atomic E-state index is 5.44. The molecule has 0 saturated carbocycles. The Hall–Kier alpha value is -1.35. The topological polar surface area (TPSA) is 58.5 Å². The summed E-state index contributed by atoms with van der Waals surface area (Å²) in [6.07, 6.45) is 1.86.